The maximum atomic E-state index is 4.19. The number of anilines is 2. The molecule has 0 unspecified atom stereocenters. The third-order valence-electron chi connectivity index (χ3n) is 2.93. The molecule has 2 N–H and O–H groups in total. The van der Waals surface area contributed by atoms with Crippen molar-refractivity contribution in [2.24, 2.45) is 0 Å². The van der Waals surface area contributed by atoms with Crippen molar-refractivity contribution in [1.29, 1.82) is 0 Å². The van der Waals surface area contributed by atoms with Crippen molar-refractivity contribution in [2.75, 3.05) is 24.2 Å². The zero-order chi connectivity index (χ0) is 13.7. The minimum absolute atomic E-state index is 0.816. The number of nitrogens with zero attached hydrogens (tertiary/aromatic N) is 2. The number of aryl methyl sites for hydroxylation is 1. The van der Waals surface area contributed by atoms with Crippen molar-refractivity contribution < 1.29 is 0 Å². The van der Waals surface area contributed by atoms with Gasteiger partial charge in [-0.1, -0.05) is 22.0 Å². The van der Waals surface area contributed by atoms with Gasteiger partial charge < -0.3 is 10.6 Å². The molecular formula is C14H17BrN4. The van der Waals surface area contributed by atoms with Crippen molar-refractivity contribution in [2.45, 2.75) is 13.3 Å². The zero-order valence-corrected chi connectivity index (χ0v) is 12.7. The SMILES string of the molecule is CNc1cc(NCCc2cc(Br)ccc2C)ncn1. The molecule has 100 valence electrons. The lowest BCUT2D eigenvalue weighted by Crippen LogP contribution is -2.08. The van der Waals surface area contributed by atoms with Crippen molar-refractivity contribution in [3.63, 3.8) is 0 Å². The van der Waals surface area contributed by atoms with Crippen LogP contribution in [0.25, 0.3) is 0 Å². The van der Waals surface area contributed by atoms with E-state index in [0.717, 1.165) is 29.1 Å². The number of aromatic nitrogens is 2. The van der Waals surface area contributed by atoms with E-state index in [9.17, 15) is 0 Å². The first kappa shape index (κ1) is 13.8. The number of benzene rings is 1. The third-order valence-corrected chi connectivity index (χ3v) is 3.43. The molecule has 4 nitrogen and oxygen atoms in total. The first-order chi connectivity index (χ1) is 9.19. The van der Waals surface area contributed by atoms with Crippen LogP contribution in [0.1, 0.15) is 11.1 Å². The Morgan fingerprint density at radius 1 is 1.16 bits per heavy atom. The Kier molecular flexibility index (Phi) is 4.74. The van der Waals surface area contributed by atoms with Gasteiger partial charge in [-0.2, -0.15) is 0 Å². The van der Waals surface area contributed by atoms with Gasteiger partial charge in [-0.3, -0.25) is 0 Å². The van der Waals surface area contributed by atoms with Crippen molar-refractivity contribution >= 4 is 27.6 Å². The molecule has 0 radical (unpaired) electrons. The highest BCUT2D eigenvalue weighted by molar-refractivity contribution is 9.10. The van der Waals surface area contributed by atoms with E-state index in [4.69, 9.17) is 0 Å². The molecule has 0 atom stereocenters. The fraction of sp³-hybridized carbons (Fsp3) is 0.286. The van der Waals surface area contributed by atoms with Gasteiger partial charge in [-0.05, 0) is 36.6 Å². The summed E-state index contributed by atoms with van der Waals surface area (Å²) in [6, 6.07) is 8.25. The fourth-order valence-electron chi connectivity index (χ4n) is 1.83. The Bertz CT molecular complexity index is 557. The Hall–Kier alpha value is -1.62. The Balaban J connectivity index is 1.94. The zero-order valence-electron chi connectivity index (χ0n) is 11.1. The highest BCUT2D eigenvalue weighted by Gasteiger charge is 2.01. The molecule has 5 heteroatoms. The number of rotatable bonds is 5. The third kappa shape index (κ3) is 3.92. The van der Waals surface area contributed by atoms with Crippen molar-refractivity contribution in [1.82, 2.24) is 9.97 Å². The maximum absolute atomic E-state index is 4.19. The van der Waals surface area contributed by atoms with Crippen LogP contribution in [0.3, 0.4) is 0 Å². The van der Waals surface area contributed by atoms with E-state index in [1.54, 1.807) is 6.33 Å². The van der Waals surface area contributed by atoms with Gasteiger partial charge in [0, 0.05) is 24.1 Å². The Morgan fingerprint density at radius 3 is 2.74 bits per heavy atom. The Labute approximate surface area is 121 Å². The van der Waals surface area contributed by atoms with Crippen LogP contribution >= 0.6 is 15.9 Å². The smallest absolute Gasteiger partial charge is 0.131 e. The van der Waals surface area contributed by atoms with Gasteiger partial charge in [0.25, 0.3) is 0 Å². The number of nitrogens with one attached hydrogen (secondary N) is 2. The van der Waals surface area contributed by atoms with E-state index in [1.807, 2.05) is 13.1 Å². The molecule has 1 heterocycles. The summed E-state index contributed by atoms with van der Waals surface area (Å²) in [6.07, 6.45) is 2.52. The lowest BCUT2D eigenvalue weighted by molar-refractivity contribution is 0.987. The van der Waals surface area contributed by atoms with E-state index in [0.29, 0.717) is 0 Å². The lowest BCUT2D eigenvalue weighted by Gasteiger charge is -2.09. The average molecular weight is 321 g/mol. The lowest BCUT2D eigenvalue weighted by atomic mass is 10.1. The second-order valence-electron chi connectivity index (χ2n) is 4.29. The molecule has 0 aliphatic carbocycles. The first-order valence-electron chi connectivity index (χ1n) is 6.18. The van der Waals surface area contributed by atoms with Crippen LogP contribution in [-0.4, -0.2) is 23.6 Å². The van der Waals surface area contributed by atoms with Crippen LogP contribution in [0.2, 0.25) is 0 Å². The number of halogens is 1. The quantitative estimate of drug-likeness (QED) is 0.888. The summed E-state index contributed by atoms with van der Waals surface area (Å²) in [4.78, 5) is 8.27. The molecule has 0 saturated heterocycles. The molecular weight excluding hydrogens is 304 g/mol. The topological polar surface area (TPSA) is 49.8 Å². The predicted octanol–water partition coefficient (Wildman–Crippen LogP) is 3.24. The fourth-order valence-corrected chi connectivity index (χ4v) is 2.23. The van der Waals surface area contributed by atoms with Gasteiger partial charge >= 0.3 is 0 Å². The summed E-state index contributed by atoms with van der Waals surface area (Å²) in [5, 5.41) is 6.30. The van der Waals surface area contributed by atoms with E-state index >= 15 is 0 Å². The van der Waals surface area contributed by atoms with Gasteiger partial charge in [0.15, 0.2) is 0 Å². The average Bonchev–Trinajstić information content (AvgIpc) is 2.43. The molecule has 1 aromatic heterocycles. The second-order valence-corrected chi connectivity index (χ2v) is 5.20. The van der Waals surface area contributed by atoms with Crippen LogP contribution in [0.4, 0.5) is 11.6 Å². The summed E-state index contributed by atoms with van der Waals surface area (Å²) in [5.74, 6) is 1.66. The highest BCUT2D eigenvalue weighted by Crippen LogP contribution is 2.16. The molecule has 2 rings (SSSR count). The van der Waals surface area contributed by atoms with Crippen LogP contribution < -0.4 is 10.6 Å². The van der Waals surface area contributed by atoms with Gasteiger partial charge in [-0.25, -0.2) is 9.97 Å². The van der Waals surface area contributed by atoms with Gasteiger partial charge in [-0.15, -0.1) is 0 Å². The van der Waals surface area contributed by atoms with Crippen LogP contribution in [0.15, 0.2) is 35.1 Å². The second kappa shape index (κ2) is 6.52. The molecule has 19 heavy (non-hydrogen) atoms. The predicted molar refractivity (Wildman–Crippen MR) is 82.7 cm³/mol. The summed E-state index contributed by atoms with van der Waals surface area (Å²) in [5.41, 5.74) is 2.65. The number of hydrogen-bond donors (Lipinski definition) is 2. The molecule has 0 aliphatic heterocycles. The van der Waals surface area contributed by atoms with E-state index in [-0.39, 0.29) is 0 Å². The first-order valence-corrected chi connectivity index (χ1v) is 6.97. The monoisotopic (exact) mass is 320 g/mol. The van der Waals surface area contributed by atoms with Crippen LogP contribution in [0.5, 0.6) is 0 Å². The van der Waals surface area contributed by atoms with Crippen molar-refractivity contribution in [3.8, 4) is 0 Å². The number of hydrogen-bond acceptors (Lipinski definition) is 4. The largest absolute Gasteiger partial charge is 0.373 e. The van der Waals surface area contributed by atoms with E-state index in [1.165, 1.54) is 11.1 Å². The molecule has 0 spiro atoms. The Morgan fingerprint density at radius 2 is 1.95 bits per heavy atom. The molecule has 0 amide bonds. The van der Waals surface area contributed by atoms with Gasteiger partial charge in [0.1, 0.15) is 18.0 Å². The van der Waals surface area contributed by atoms with Gasteiger partial charge in [0.2, 0.25) is 0 Å². The maximum Gasteiger partial charge on any atom is 0.131 e. The minimum atomic E-state index is 0.816. The normalized spacial score (nSPS) is 10.3. The van der Waals surface area contributed by atoms with Crippen LogP contribution in [-0.2, 0) is 6.42 Å². The van der Waals surface area contributed by atoms with E-state index in [2.05, 4.69) is 61.7 Å². The molecule has 0 fully saturated rings. The molecule has 2 aromatic rings. The molecule has 1 aromatic carbocycles. The van der Waals surface area contributed by atoms with Gasteiger partial charge in [0.05, 0.1) is 0 Å². The van der Waals surface area contributed by atoms with E-state index < -0.39 is 0 Å². The standard InChI is InChI=1S/C14H17BrN4/c1-10-3-4-12(15)7-11(10)5-6-17-14-8-13(16-2)18-9-19-14/h3-4,7-9H,5-6H2,1-2H3,(H2,16,17,18,19). The van der Waals surface area contributed by atoms with Crippen molar-refractivity contribution in [3.05, 3.63) is 46.2 Å². The summed E-state index contributed by atoms with van der Waals surface area (Å²) in [7, 11) is 1.84. The molecule has 0 bridgehead atoms. The van der Waals surface area contributed by atoms with Crippen LogP contribution in [0, 0.1) is 6.92 Å². The molecule has 0 saturated carbocycles. The highest BCUT2D eigenvalue weighted by atomic mass is 79.9. The summed E-state index contributed by atoms with van der Waals surface area (Å²) < 4.78 is 1.12. The molecule has 0 aliphatic rings. The summed E-state index contributed by atoms with van der Waals surface area (Å²) >= 11 is 3.50. The minimum Gasteiger partial charge on any atom is -0.373 e. The summed E-state index contributed by atoms with van der Waals surface area (Å²) in [6.45, 7) is 2.98.